The Hall–Kier alpha value is -1.59. The van der Waals surface area contributed by atoms with Crippen molar-refractivity contribution in [2.75, 3.05) is 39.0 Å². The Morgan fingerprint density at radius 2 is 2.05 bits per heavy atom. The molecule has 0 bridgehead atoms. The summed E-state index contributed by atoms with van der Waals surface area (Å²) < 4.78 is 0. The Morgan fingerprint density at radius 1 is 1.36 bits per heavy atom. The van der Waals surface area contributed by atoms with E-state index >= 15 is 0 Å². The predicted molar refractivity (Wildman–Crippen MR) is 87.9 cm³/mol. The van der Waals surface area contributed by atoms with Crippen LogP contribution in [0, 0.1) is 5.92 Å². The Labute approximate surface area is 136 Å². The van der Waals surface area contributed by atoms with Crippen molar-refractivity contribution in [3.63, 3.8) is 0 Å². The Kier molecular flexibility index (Phi) is 5.80. The molecule has 1 N–H and O–H groups in total. The zero-order valence-corrected chi connectivity index (χ0v) is 13.8. The zero-order valence-electron chi connectivity index (χ0n) is 13.0. The van der Waals surface area contributed by atoms with Crippen molar-refractivity contribution in [2.45, 2.75) is 12.8 Å². The summed E-state index contributed by atoms with van der Waals surface area (Å²) in [6, 6.07) is 6.97. The first-order valence-corrected chi connectivity index (χ1v) is 7.82. The van der Waals surface area contributed by atoms with Crippen LogP contribution in [0.2, 0.25) is 5.02 Å². The van der Waals surface area contributed by atoms with Crippen LogP contribution >= 0.6 is 11.6 Å². The van der Waals surface area contributed by atoms with E-state index in [1.807, 2.05) is 14.1 Å². The fourth-order valence-electron chi connectivity index (χ4n) is 2.52. The van der Waals surface area contributed by atoms with Crippen LogP contribution in [0.4, 0.5) is 5.69 Å². The number of nitrogens with zero attached hydrogens (tertiary/aromatic N) is 2. The number of nitrogens with one attached hydrogen (secondary N) is 1. The molecule has 0 aliphatic carbocycles. The lowest BCUT2D eigenvalue weighted by molar-refractivity contribution is -0.128. The lowest BCUT2D eigenvalue weighted by Gasteiger charge is -2.18. The van der Waals surface area contributed by atoms with Gasteiger partial charge in [0.2, 0.25) is 11.8 Å². The van der Waals surface area contributed by atoms with Gasteiger partial charge in [-0.1, -0.05) is 11.6 Å². The number of halogens is 1. The Morgan fingerprint density at radius 3 is 2.68 bits per heavy atom. The average Bonchev–Trinajstić information content (AvgIpc) is 2.83. The molecule has 1 aliphatic heterocycles. The molecule has 2 rings (SSSR count). The van der Waals surface area contributed by atoms with Crippen LogP contribution in [0.5, 0.6) is 0 Å². The van der Waals surface area contributed by atoms with Crippen LogP contribution in [-0.4, -0.2) is 55.3 Å². The normalized spacial score (nSPS) is 18.1. The molecule has 22 heavy (non-hydrogen) atoms. The number of hydrogen-bond acceptors (Lipinski definition) is 3. The summed E-state index contributed by atoms with van der Waals surface area (Å²) in [6.45, 7) is 2.15. The fourth-order valence-corrected chi connectivity index (χ4v) is 2.65. The third kappa shape index (κ3) is 4.71. The highest BCUT2D eigenvalue weighted by molar-refractivity contribution is 6.30. The van der Waals surface area contributed by atoms with Gasteiger partial charge in [0, 0.05) is 30.2 Å². The lowest BCUT2D eigenvalue weighted by Crippen LogP contribution is -2.30. The molecule has 1 unspecified atom stereocenters. The van der Waals surface area contributed by atoms with Gasteiger partial charge >= 0.3 is 0 Å². The van der Waals surface area contributed by atoms with Crippen LogP contribution in [0.25, 0.3) is 0 Å². The summed E-state index contributed by atoms with van der Waals surface area (Å²) in [7, 11) is 4.02. The molecule has 0 saturated carbocycles. The minimum atomic E-state index is -0.275. The van der Waals surface area contributed by atoms with Gasteiger partial charge in [0.25, 0.3) is 0 Å². The Balaban J connectivity index is 1.84. The van der Waals surface area contributed by atoms with Gasteiger partial charge in [-0.15, -0.1) is 0 Å². The van der Waals surface area contributed by atoms with E-state index in [0.717, 1.165) is 13.0 Å². The summed E-state index contributed by atoms with van der Waals surface area (Å²) >= 11 is 5.82. The molecule has 2 amide bonds. The van der Waals surface area contributed by atoms with Crippen LogP contribution in [0.1, 0.15) is 12.8 Å². The molecule has 5 nitrogen and oxygen atoms in total. The predicted octanol–water partition coefficient (Wildman–Crippen LogP) is 2.08. The van der Waals surface area contributed by atoms with Crippen molar-refractivity contribution in [2.24, 2.45) is 5.92 Å². The zero-order chi connectivity index (χ0) is 16.1. The SMILES string of the molecule is CN(C)CCCN1CC(C(=O)Nc2ccc(Cl)cc2)CC1=O. The lowest BCUT2D eigenvalue weighted by atomic mass is 10.1. The quantitative estimate of drug-likeness (QED) is 0.872. The minimum Gasteiger partial charge on any atom is -0.342 e. The van der Waals surface area contributed by atoms with Crippen molar-refractivity contribution in [1.29, 1.82) is 0 Å². The number of benzene rings is 1. The highest BCUT2D eigenvalue weighted by Crippen LogP contribution is 2.21. The molecule has 120 valence electrons. The smallest absolute Gasteiger partial charge is 0.229 e. The summed E-state index contributed by atoms with van der Waals surface area (Å²) in [5.41, 5.74) is 0.702. The number of anilines is 1. The second kappa shape index (κ2) is 7.61. The number of likely N-dealkylation sites (tertiary alicyclic amines) is 1. The van der Waals surface area contributed by atoms with Crippen molar-refractivity contribution in [1.82, 2.24) is 9.80 Å². The summed E-state index contributed by atoms with van der Waals surface area (Å²) in [5, 5.41) is 3.47. The van der Waals surface area contributed by atoms with Gasteiger partial charge in [-0.2, -0.15) is 0 Å². The topological polar surface area (TPSA) is 52.6 Å². The van der Waals surface area contributed by atoms with Gasteiger partial charge in [-0.25, -0.2) is 0 Å². The van der Waals surface area contributed by atoms with E-state index in [-0.39, 0.29) is 17.7 Å². The van der Waals surface area contributed by atoms with Gasteiger partial charge in [-0.05, 0) is 51.3 Å². The highest BCUT2D eigenvalue weighted by Gasteiger charge is 2.33. The van der Waals surface area contributed by atoms with Crippen LogP contribution in [0.15, 0.2) is 24.3 Å². The molecule has 6 heteroatoms. The monoisotopic (exact) mass is 323 g/mol. The highest BCUT2D eigenvalue weighted by atomic mass is 35.5. The van der Waals surface area contributed by atoms with E-state index in [2.05, 4.69) is 10.2 Å². The fraction of sp³-hybridized carbons (Fsp3) is 0.500. The van der Waals surface area contributed by atoms with E-state index in [1.165, 1.54) is 0 Å². The third-order valence-electron chi connectivity index (χ3n) is 3.73. The van der Waals surface area contributed by atoms with Crippen LogP contribution in [-0.2, 0) is 9.59 Å². The van der Waals surface area contributed by atoms with Crippen molar-refractivity contribution in [3.8, 4) is 0 Å². The first-order valence-electron chi connectivity index (χ1n) is 7.44. The average molecular weight is 324 g/mol. The Bertz CT molecular complexity index is 531. The van der Waals surface area contributed by atoms with Crippen LogP contribution in [0.3, 0.4) is 0 Å². The molecule has 0 aromatic heterocycles. The molecule has 1 saturated heterocycles. The van der Waals surface area contributed by atoms with E-state index in [1.54, 1.807) is 29.2 Å². The molecule has 1 fully saturated rings. The van der Waals surface area contributed by atoms with Crippen molar-refractivity contribution >= 4 is 29.1 Å². The minimum absolute atomic E-state index is 0.0648. The second-order valence-corrected chi connectivity index (χ2v) is 6.33. The molecule has 1 heterocycles. The van der Waals surface area contributed by atoms with Gasteiger partial charge < -0.3 is 15.1 Å². The summed E-state index contributed by atoms with van der Waals surface area (Å²) in [6.07, 6.45) is 1.21. The molecular formula is C16H22ClN3O2. The van der Waals surface area contributed by atoms with Gasteiger partial charge in [0.05, 0.1) is 5.92 Å². The first kappa shape index (κ1) is 16.8. The molecule has 1 atom stereocenters. The van der Waals surface area contributed by atoms with E-state index in [4.69, 9.17) is 11.6 Å². The molecular weight excluding hydrogens is 302 g/mol. The summed E-state index contributed by atoms with van der Waals surface area (Å²) in [5.74, 6) is -0.316. The van der Waals surface area contributed by atoms with Crippen LogP contribution < -0.4 is 5.32 Å². The summed E-state index contributed by atoms with van der Waals surface area (Å²) in [4.78, 5) is 28.1. The number of rotatable bonds is 6. The number of carbonyl (C=O) groups is 2. The van der Waals surface area contributed by atoms with E-state index in [0.29, 0.717) is 30.2 Å². The first-order chi connectivity index (χ1) is 10.5. The van der Waals surface area contributed by atoms with Crippen molar-refractivity contribution < 1.29 is 9.59 Å². The van der Waals surface area contributed by atoms with E-state index in [9.17, 15) is 9.59 Å². The van der Waals surface area contributed by atoms with Gasteiger partial charge in [0.1, 0.15) is 0 Å². The maximum atomic E-state index is 12.2. The standard InChI is InChI=1S/C16H22ClN3O2/c1-19(2)8-3-9-20-11-12(10-15(20)21)16(22)18-14-6-4-13(17)5-7-14/h4-7,12H,3,8-11H2,1-2H3,(H,18,22). The molecule has 1 aromatic carbocycles. The van der Waals surface area contributed by atoms with Gasteiger partial charge in [0.15, 0.2) is 0 Å². The largest absolute Gasteiger partial charge is 0.342 e. The maximum Gasteiger partial charge on any atom is 0.229 e. The molecule has 0 spiro atoms. The molecule has 1 aliphatic rings. The van der Waals surface area contributed by atoms with E-state index < -0.39 is 0 Å². The number of carbonyl (C=O) groups excluding carboxylic acids is 2. The van der Waals surface area contributed by atoms with Crippen molar-refractivity contribution in [3.05, 3.63) is 29.3 Å². The third-order valence-corrected chi connectivity index (χ3v) is 3.98. The molecule has 0 radical (unpaired) electrons. The number of hydrogen-bond donors (Lipinski definition) is 1. The number of amides is 2. The molecule has 1 aromatic rings. The maximum absolute atomic E-state index is 12.2. The van der Waals surface area contributed by atoms with Gasteiger partial charge in [-0.3, -0.25) is 9.59 Å². The second-order valence-electron chi connectivity index (χ2n) is 5.89.